The molecule has 3 N–H and O–H groups in total. The van der Waals surface area contributed by atoms with Crippen LogP contribution in [-0.2, 0) is 4.79 Å². The van der Waals surface area contributed by atoms with Gasteiger partial charge in [-0.25, -0.2) is 5.43 Å². The third-order valence-electron chi connectivity index (χ3n) is 3.63. The monoisotopic (exact) mass is 353 g/mol. The van der Waals surface area contributed by atoms with Gasteiger partial charge in [-0.1, -0.05) is 41.9 Å². The van der Waals surface area contributed by atoms with E-state index in [1.807, 2.05) is 30.3 Å². The van der Waals surface area contributed by atoms with Crippen molar-refractivity contribution < 1.29 is 9.90 Å². The fourth-order valence-corrected chi connectivity index (χ4v) is 2.50. The molecule has 0 aromatic heterocycles. The van der Waals surface area contributed by atoms with Gasteiger partial charge in [0, 0.05) is 16.3 Å². The van der Waals surface area contributed by atoms with Crippen molar-refractivity contribution in [3.05, 3.63) is 71.2 Å². The Labute approximate surface area is 149 Å². The largest absolute Gasteiger partial charge is 0.507 e. The normalized spacial score (nSPS) is 10.9. The molecule has 0 fully saturated rings. The molecular weight excluding hydrogens is 338 g/mol. The Hall–Kier alpha value is -3.05. The maximum absolute atomic E-state index is 11.8. The lowest BCUT2D eigenvalue weighted by atomic mass is 10.0. The summed E-state index contributed by atoms with van der Waals surface area (Å²) >= 11 is 5.81. The van der Waals surface area contributed by atoms with Crippen molar-refractivity contribution in [3.8, 4) is 5.75 Å². The van der Waals surface area contributed by atoms with E-state index in [0.29, 0.717) is 10.6 Å². The molecule has 0 aliphatic rings. The molecule has 0 aliphatic heterocycles. The van der Waals surface area contributed by atoms with E-state index in [0.717, 1.165) is 16.5 Å². The summed E-state index contributed by atoms with van der Waals surface area (Å²) in [6, 6.07) is 18.1. The minimum absolute atomic E-state index is 0.0699. The van der Waals surface area contributed by atoms with Gasteiger partial charge in [0.15, 0.2) is 0 Å². The van der Waals surface area contributed by atoms with Crippen LogP contribution in [0.3, 0.4) is 0 Å². The Morgan fingerprint density at radius 3 is 2.64 bits per heavy atom. The van der Waals surface area contributed by atoms with Crippen LogP contribution >= 0.6 is 11.6 Å². The van der Waals surface area contributed by atoms with Gasteiger partial charge < -0.3 is 10.4 Å². The van der Waals surface area contributed by atoms with E-state index >= 15 is 0 Å². The number of hydrazone groups is 1. The fourth-order valence-electron chi connectivity index (χ4n) is 2.38. The number of carbonyl (C=O) groups is 1. The van der Waals surface area contributed by atoms with E-state index < -0.39 is 0 Å². The lowest BCUT2D eigenvalue weighted by molar-refractivity contribution is -0.119. The SMILES string of the molecule is O=C(CNc1ccc(Cl)cc1)N/N=C\c1c(O)ccc2ccccc12. The number of hydrogen-bond acceptors (Lipinski definition) is 4. The van der Waals surface area contributed by atoms with E-state index in [1.165, 1.54) is 6.21 Å². The van der Waals surface area contributed by atoms with Crippen molar-refractivity contribution in [2.75, 3.05) is 11.9 Å². The van der Waals surface area contributed by atoms with Crippen molar-refractivity contribution in [2.45, 2.75) is 0 Å². The number of phenolic OH excluding ortho intramolecular Hbond substituents is 1. The molecule has 0 atom stereocenters. The zero-order chi connectivity index (χ0) is 17.6. The first-order chi connectivity index (χ1) is 12.1. The molecule has 3 aromatic carbocycles. The van der Waals surface area contributed by atoms with Crippen molar-refractivity contribution in [1.29, 1.82) is 0 Å². The zero-order valence-electron chi connectivity index (χ0n) is 13.2. The highest BCUT2D eigenvalue weighted by Crippen LogP contribution is 2.25. The standard InChI is InChI=1S/C19H16ClN3O2/c20-14-6-8-15(9-7-14)21-12-19(25)23-22-11-17-16-4-2-1-3-13(16)5-10-18(17)24/h1-11,21,24H,12H2,(H,23,25)/b22-11-. The summed E-state index contributed by atoms with van der Waals surface area (Å²) in [6.45, 7) is 0.0699. The molecule has 0 saturated heterocycles. The number of amides is 1. The summed E-state index contributed by atoms with van der Waals surface area (Å²) < 4.78 is 0. The summed E-state index contributed by atoms with van der Waals surface area (Å²) in [5.74, 6) is -0.193. The number of nitrogens with zero attached hydrogens (tertiary/aromatic N) is 1. The second-order valence-electron chi connectivity index (χ2n) is 5.37. The van der Waals surface area contributed by atoms with Crippen LogP contribution in [0.4, 0.5) is 5.69 Å². The summed E-state index contributed by atoms with van der Waals surface area (Å²) in [4.78, 5) is 11.8. The van der Waals surface area contributed by atoms with Crippen molar-refractivity contribution in [3.63, 3.8) is 0 Å². The molecule has 0 heterocycles. The van der Waals surface area contributed by atoms with Gasteiger partial charge in [0.1, 0.15) is 5.75 Å². The molecular formula is C19H16ClN3O2. The van der Waals surface area contributed by atoms with E-state index in [2.05, 4.69) is 15.8 Å². The molecule has 1 amide bonds. The van der Waals surface area contributed by atoms with E-state index in [1.54, 1.807) is 30.3 Å². The fraction of sp³-hybridized carbons (Fsp3) is 0.0526. The second kappa shape index (κ2) is 7.68. The molecule has 5 nitrogen and oxygen atoms in total. The maximum Gasteiger partial charge on any atom is 0.259 e. The molecule has 126 valence electrons. The highest BCUT2D eigenvalue weighted by molar-refractivity contribution is 6.30. The smallest absolute Gasteiger partial charge is 0.259 e. The molecule has 0 saturated carbocycles. The first kappa shape index (κ1) is 16.8. The van der Waals surface area contributed by atoms with Gasteiger partial charge in [0.25, 0.3) is 5.91 Å². The van der Waals surface area contributed by atoms with Gasteiger partial charge in [-0.05, 0) is 41.1 Å². The number of anilines is 1. The molecule has 0 unspecified atom stereocenters. The molecule has 3 rings (SSSR count). The lowest BCUT2D eigenvalue weighted by Crippen LogP contribution is -2.25. The topological polar surface area (TPSA) is 73.7 Å². The number of phenols is 1. The van der Waals surface area contributed by atoms with Crippen LogP contribution in [-0.4, -0.2) is 23.8 Å². The number of rotatable bonds is 5. The highest BCUT2D eigenvalue weighted by atomic mass is 35.5. The summed E-state index contributed by atoms with van der Waals surface area (Å²) in [5, 5.41) is 19.4. The first-order valence-electron chi connectivity index (χ1n) is 7.65. The second-order valence-corrected chi connectivity index (χ2v) is 5.81. The van der Waals surface area contributed by atoms with Crippen LogP contribution in [0.15, 0.2) is 65.8 Å². The Morgan fingerprint density at radius 1 is 1.08 bits per heavy atom. The number of aromatic hydroxyl groups is 1. The Kier molecular flexibility index (Phi) is 5.16. The minimum Gasteiger partial charge on any atom is -0.507 e. The molecule has 6 heteroatoms. The molecule has 0 aliphatic carbocycles. The van der Waals surface area contributed by atoms with Gasteiger partial charge in [0.05, 0.1) is 12.8 Å². The zero-order valence-corrected chi connectivity index (χ0v) is 14.0. The molecule has 3 aromatic rings. The quantitative estimate of drug-likeness (QED) is 0.483. The van der Waals surface area contributed by atoms with Gasteiger partial charge in [0.2, 0.25) is 0 Å². The van der Waals surface area contributed by atoms with Crippen molar-refractivity contribution in [2.24, 2.45) is 5.10 Å². The van der Waals surface area contributed by atoms with Crippen LogP contribution in [0.5, 0.6) is 5.75 Å². The van der Waals surface area contributed by atoms with Gasteiger partial charge >= 0.3 is 0 Å². The Bertz CT molecular complexity index is 924. The minimum atomic E-state index is -0.300. The van der Waals surface area contributed by atoms with Crippen LogP contribution < -0.4 is 10.7 Å². The van der Waals surface area contributed by atoms with Gasteiger partial charge in [-0.15, -0.1) is 0 Å². The number of benzene rings is 3. The summed E-state index contributed by atoms with van der Waals surface area (Å²) in [7, 11) is 0. The highest BCUT2D eigenvalue weighted by Gasteiger charge is 2.05. The number of carbonyl (C=O) groups excluding carboxylic acids is 1. The maximum atomic E-state index is 11.8. The number of fused-ring (bicyclic) bond motifs is 1. The number of hydrogen-bond donors (Lipinski definition) is 3. The van der Waals surface area contributed by atoms with E-state index in [-0.39, 0.29) is 18.2 Å². The Balaban J connectivity index is 1.62. The van der Waals surface area contributed by atoms with Gasteiger partial charge in [-0.3, -0.25) is 4.79 Å². The van der Waals surface area contributed by atoms with Gasteiger partial charge in [-0.2, -0.15) is 5.10 Å². The lowest BCUT2D eigenvalue weighted by Gasteiger charge is -2.06. The average molecular weight is 354 g/mol. The summed E-state index contributed by atoms with van der Waals surface area (Å²) in [6.07, 6.45) is 1.44. The molecule has 0 radical (unpaired) electrons. The predicted molar refractivity (Wildman–Crippen MR) is 101 cm³/mol. The number of halogens is 1. The van der Waals surface area contributed by atoms with Crippen LogP contribution in [0.1, 0.15) is 5.56 Å². The van der Waals surface area contributed by atoms with Crippen LogP contribution in [0.25, 0.3) is 10.8 Å². The molecule has 0 bridgehead atoms. The Morgan fingerprint density at radius 2 is 1.84 bits per heavy atom. The van der Waals surface area contributed by atoms with E-state index in [9.17, 15) is 9.90 Å². The number of nitrogens with one attached hydrogen (secondary N) is 2. The predicted octanol–water partition coefficient (Wildman–Crippen LogP) is 3.76. The van der Waals surface area contributed by atoms with Crippen LogP contribution in [0.2, 0.25) is 5.02 Å². The molecule has 0 spiro atoms. The summed E-state index contributed by atoms with van der Waals surface area (Å²) in [5.41, 5.74) is 3.78. The first-order valence-corrected chi connectivity index (χ1v) is 8.03. The molecule has 25 heavy (non-hydrogen) atoms. The van der Waals surface area contributed by atoms with Crippen LogP contribution in [0, 0.1) is 0 Å². The third-order valence-corrected chi connectivity index (χ3v) is 3.88. The average Bonchev–Trinajstić information content (AvgIpc) is 2.63. The third kappa shape index (κ3) is 4.28. The van der Waals surface area contributed by atoms with Crippen molar-refractivity contribution >= 4 is 40.2 Å². The van der Waals surface area contributed by atoms with E-state index in [4.69, 9.17) is 11.6 Å². The van der Waals surface area contributed by atoms with Crippen molar-refractivity contribution in [1.82, 2.24) is 5.43 Å².